The zero-order valence-corrected chi connectivity index (χ0v) is 14.7. The molecule has 0 atom stereocenters. The van der Waals surface area contributed by atoms with Crippen molar-refractivity contribution in [2.24, 2.45) is 0 Å². The van der Waals surface area contributed by atoms with Crippen LogP contribution in [0.4, 0.5) is 0 Å². The van der Waals surface area contributed by atoms with Crippen LogP contribution in [0.5, 0.6) is 5.75 Å². The van der Waals surface area contributed by atoms with Gasteiger partial charge in [0.25, 0.3) is 5.91 Å². The smallest absolute Gasteiger partial charge is 0.257 e. The van der Waals surface area contributed by atoms with Crippen LogP contribution < -0.4 is 10.1 Å². The number of fused-ring (bicyclic) bond motifs is 1. The van der Waals surface area contributed by atoms with Gasteiger partial charge >= 0.3 is 0 Å². The summed E-state index contributed by atoms with van der Waals surface area (Å²) in [7, 11) is 3.11. The fraction of sp³-hybridized carbons (Fsp3) is 0.200. The lowest BCUT2D eigenvalue weighted by molar-refractivity contribution is -0.121. The van der Waals surface area contributed by atoms with E-state index in [1.165, 1.54) is 12.0 Å². The van der Waals surface area contributed by atoms with E-state index in [1.54, 1.807) is 31.5 Å². The molecular formula is C20H20N2O4. The van der Waals surface area contributed by atoms with Crippen molar-refractivity contribution in [3.63, 3.8) is 0 Å². The van der Waals surface area contributed by atoms with Crippen LogP contribution in [-0.2, 0) is 11.3 Å². The van der Waals surface area contributed by atoms with Crippen molar-refractivity contribution in [3.05, 3.63) is 66.1 Å². The average molecular weight is 352 g/mol. The molecule has 0 unspecified atom stereocenters. The van der Waals surface area contributed by atoms with Crippen LogP contribution in [-0.4, -0.2) is 37.4 Å². The van der Waals surface area contributed by atoms with E-state index in [2.05, 4.69) is 5.32 Å². The summed E-state index contributed by atoms with van der Waals surface area (Å²) in [6.07, 6.45) is 1.54. The van der Waals surface area contributed by atoms with Crippen LogP contribution in [0.15, 0.2) is 59.2 Å². The minimum atomic E-state index is -0.277. The molecular weight excluding hydrogens is 332 g/mol. The van der Waals surface area contributed by atoms with Crippen LogP contribution in [0.3, 0.4) is 0 Å². The normalized spacial score (nSPS) is 10.5. The summed E-state index contributed by atoms with van der Waals surface area (Å²) in [5.41, 5.74) is 0.424. The third kappa shape index (κ3) is 3.85. The Labute approximate surface area is 151 Å². The molecule has 1 heterocycles. The Kier molecular flexibility index (Phi) is 5.22. The fourth-order valence-electron chi connectivity index (χ4n) is 2.70. The molecule has 0 aliphatic carbocycles. The molecule has 1 N–H and O–H groups in total. The lowest BCUT2D eigenvalue weighted by Crippen LogP contribution is -2.38. The molecule has 26 heavy (non-hydrogen) atoms. The highest BCUT2D eigenvalue weighted by atomic mass is 16.5. The zero-order valence-electron chi connectivity index (χ0n) is 14.7. The predicted octanol–water partition coefficient (Wildman–Crippen LogP) is 2.83. The zero-order chi connectivity index (χ0) is 18.5. The molecule has 0 radical (unpaired) electrons. The maximum atomic E-state index is 12.8. The SMILES string of the molecule is COc1cc2ccccc2cc1C(=O)N(C)CC(=O)NCc1ccco1. The van der Waals surface area contributed by atoms with Crippen molar-refractivity contribution >= 4 is 22.6 Å². The van der Waals surface area contributed by atoms with Gasteiger partial charge in [-0.2, -0.15) is 0 Å². The number of nitrogens with one attached hydrogen (secondary N) is 1. The second kappa shape index (κ2) is 7.74. The van der Waals surface area contributed by atoms with Gasteiger partial charge in [0, 0.05) is 7.05 Å². The fourth-order valence-corrected chi connectivity index (χ4v) is 2.70. The monoisotopic (exact) mass is 352 g/mol. The summed E-state index contributed by atoms with van der Waals surface area (Å²) >= 11 is 0. The molecule has 0 spiro atoms. The van der Waals surface area contributed by atoms with Gasteiger partial charge < -0.3 is 19.4 Å². The molecule has 0 fully saturated rings. The number of hydrogen-bond donors (Lipinski definition) is 1. The van der Waals surface area contributed by atoms with Crippen molar-refractivity contribution < 1.29 is 18.7 Å². The topological polar surface area (TPSA) is 71.8 Å². The second-order valence-corrected chi connectivity index (χ2v) is 5.92. The first-order chi connectivity index (χ1) is 12.6. The lowest BCUT2D eigenvalue weighted by Gasteiger charge is -2.18. The number of methoxy groups -OCH3 is 1. The van der Waals surface area contributed by atoms with Crippen molar-refractivity contribution in [2.45, 2.75) is 6.54 Å². The van der Waals surface area contributed by atoms with Crippen molar-refractivity contribution in [1.82, 2.24) is 10.2 Å². The van der Waals surface area contributed by atoms with Crippen LogP contribution in [0.25, 0.3) is 10.8 Å². The Morgan fingerprint density at radius 3 is 2.50 bits per heavy atom. The Morgan fingerprint density at radius 2 is 1.85 bits per heavy atom. The summed E-state index contributed by atoms with van der Waals surface area (Å²) in [6.45, 7) is 0.225. The first kappa shape index (κ1) is 17.5. The molecule has 0 saturated carbocycles. The summed E-state index contributed by atoms with van der Waals surface area (Å²) in [6, 6.07) is 14.9. The number of ether oxygens (including phenoxy) is 1. The van der Waals surface area contributed by atoms with E-state index in [1.807, 2.05) is 30.3 Å². The molecule has 0 aliphatic heterocycles. The van der Waals surface area contributed by atoms with E-state index in [9.17, 15) is 9.59 Å². The number of carbonyl (C=O) groups is 2. The van der Waals surface area contributed by atoms with E-state index in [0.29, 0.717) is 17.1 Å². The van der Waals surface area contributed by atoms with Gasteiger partial charge in [0.15, 0.2) is 0 Å². The minimum absolute atomic E-state index is 0.0600. The highest BCUT2D eigenvalue weighted by molar-refractivity contribution is 6.02. The van der Waals surface area contributed by atoms with E-state index < -0.39 is 0 Å². The lowest BCUT2D eigenvalue weighted by atomic mass is 10.0. The van der Waals surface area contributed by atoms with Gasteiger partial charge in [-0.15, -0.1) is 0 Å². The number of rotatable bonds is 6. The number of nitrogens with zero attached hydrogens (tertiary/aromatic N) is 1. The maximum absolute atomic E-state index is 12.8. The van der Waals surface area contributed by atoms with Gasteiger partial charge in [0.2, 0.25) is 5.91 Å². The van der Waals surface area contributed by atoms with E-state index in [-0.39, 0.29) is 24.9 Å². The molecule has 0 aliphatic rings. The average Bonchev–Trinajstić information content (AvgIpc) is 3.18. The van der Waals surface area contributed by atoms with Crippen LogP contribution in [0, 0.1) is 0 Å². The first-order valence-electron chi connectivity index (χ1n) is 8.20. The van der Waals surface area contributed by atoms with E-state index in [0.717, 1.165) is 10.8 Å². The van der Waals surface area contributed by atoms with Crippen molar-refractivity contribution in [3.8, 4) is 5.75 Å². The van der Waals surface area contributed by atoms with Gasteiger partial charge in [-0.05, 0) is 35.0 Å². The quantitative estimate of drug-likeness (QED) is 0.740. The molecule has 2 aromatic carbocycles. The van der Waals surface area contributed by atoms with E-state index >= 15 is 0 Å². The largest absolute Gasteiger partial charge is 0.496 e. The summed E-state index contributed by atoms with van der Waals surface area (Å²) in [5, 5.41) is 4.65. The Bertz CT molecular complexity index is 919. The van der Waals surface area contributed by atoms with Gasteiger partial charge in [-0.25, -0.2) is 0 Å². The third-order valence-electron chi connectivity index (χ3n) is 4.07. The molecule has 1 aromatic heterocycles. The van der Waals surface area contributed by atoms with Crippen LogP contribution in [0.2, 0.25) is 0 Å². The van der Waals surface area contributed by atoms with Gasteiger partial charge in [-0.3, -0.25) is 9.59 Å². The molecule has 6 nitrogen and oxygen atoms in total. The van der Waals surface area contributed by atoms with Crippen molar-refractivity contribution in [1.29, 1.82) is 0 Å². The third-order valence-corrected chi connectivity index (χ3v) is 4.07. The maximum Gasteiger partial charge on any atom is 0.257 e. The number of carbonyl (C=O) groups excluding carboxylic acids is 2. The Balaban J connectivity index is 1.71. The molecule has 3 aromatic rings. The van der Waals surface area contributed by atoms with Gasteiger partial charge in [-0.1, -0.05) is 24.3 Å². The Hall–Kier alpha value is -3.28. The van der Waals surface area contributed by atoms with Crippen LogP contribution >= 0.6 is 0 Å². The Morgan fingerprint density at radius 1 is 1.12 bits per heavy atom. The van der Waals surface area contributed by atoms with E-state index in [4.69, 9.17) is 9.15 Å². The molecule has 2 amide bonds. The summed E-state index contributed by atoms with van der Waals surface area (Å²) < 4.78 is 10.5. The summed E-state index contributed by atoms with van der Waals surface area (Å²) in [5.74, 6) is 0.595. The molecule has 3 rings (SSSR count). The molecule has 6 heteroatoms. The molecule has 0 bridgehead atoms. The number of furan rings is 1. The van der Waals surface area contributed by atoms with Crippen molar-refractivity contribution in [2.75, 3.05) is 20.7 Å². The first-order valence-corrected chi connectivity index (χ1v) is 8.20. The number of likely N-dealkylation sites (N-methyl/N-ethyl adjacent to an activating group) is 1. The summed E-state index contributed by atoms with van der Waals surface area (Å²) in [4.78, 5) is 26.2. The van der Waals surface area contributed by atoms with Gasteiger partial charge in [0.05, 0.1) is 32.0 Å². The number of benzene rings is 2. The van der Waals surface area contributed by atoms with Crippen LogP contribution in [0.1, 0.15) is 16.1 Å². The highest BCUT2D eigenvalue weighted by Gasteiger charge is 2.19. The number of hydrogen-bond acceptors (Lipinski definition) is 4. The minimum Gasteiger partial charge on any atom is -0.496 e. The highest BCUT2D eigenvalue weighted by Crippen LogP contribution is 2.26. The standard InChI is InChI=1S/C20H20N2O4/c1-22(13-19(23)21-12-16-8-5-9-26-16)20(24)17-10-14-6-3-4-7-15(14)11-18(17)25-2/h3-11H,12-13H2,1-2H3,(H,21,23). The molecule has 134 valence electrons. The molecule has 0 saturated heterocycles. The second-order valence-electron chi connectivity index (χ2n) is 5.92. The number of amides is 2. The van der Waals surface area contributed by atoms with Gasteiger partial charge in [0.1, 0.15) is 11.5 Å². The predicted molar refractivity (Wildman–Crippen MR) is 98.0 cm³/mol.